The van der Waals surface area contributed by atoms with Crippen LogP contribution in [-0.4, -0.2) is 23.4 Å². The molecular formula is C18H17Cl3NO2. The number of rotatable bonds is 6. The van der Waals surface area contributed by atoms with E-state index < -0.39 is 5.60 Å². The lowest BCUT2D eigenvalue weighted by Crippen LogP contribution is -2.44. The molecular weight excluding hydrogens is 369 g/mol. The van der Waals surface area contributed by atoms with Gasteiger partial charge in [-0.2, -0.15) is 0 Å². The van der Waals surface area contributed by atoms with E-state index in [2.05, 4.69) is 6.92 Å². The van der Waals surface area contributed by atoms with Crippen LogP contribution in [0.5, 0.6) is 0 Å². The Balaban J connectivity index is 2.40. The number of para-hydroxylation sites is 1. The first-order valence-corrected chi connectivity index (χ1v) is 8.59. The van der Waals surface area contributed by atoms with E-state index in [-0.39, 0.29) is 24.8 Å². The van der Waals surface area contributed by atoms with Crippen molar-refractivity contribution in [1.82, 2.24) is 0 Å². The summed E-state index contributed by atoms with van der Waals surface area (Å²) in [6.45, 7) is 3.83. The minimum Gasteiger partial charge on any atom is -0.383 e. The highest BCUT2D eigenvalue weighted by Crippen LogP contribution is 2.32. The molecule has 0 heterocycles. The molecule has 1 atom stereocenters. The van der Waals surface area contributed by atoms with E-state index in [1.54, 1.807) is 30.3 Å². The van der Waals surface area contributed by atoms with Crippen molar-refractivity contribution >= 4 is 46.4 Å². The zero-order chi connectivity index (χ0) is 17.7. The number of hydrogen-bond acceptors (Lipinski definition) is 2. The van der Waals surface area contributed by atoms with E-state index in [9.17, 15) is 9.90 Å². The smallest absolute Gasteiger partial charge is 0.242 e. The highest BCUT2D eigenvalue weighted by Gasteiger charge is 2.32. The molecule has 0 fully saturated rings. The van der Waals surface area contributed by atoms with E-state index in [4.69, 9.17) is 34.8 Å². The summed E-state index contributed by atoms with van der Waals surface area (Å²) < 4.78 is 0. The van der Waals surface area contributed by atoms with Crippen LogP contribution in [0.3, 0.4) is 0 Å². The van der Waals surface area contributed by atoms with Crippen molar-refractivity contribution in [2.75, 3.05) is 17.3 Å². The van der Waals surface area contributed by atoms with Crippen LogP contribution in [0.15, 0.2) is 48.5 Å². The third kappa shape index (κ3) is 4.22. The molecule has 6 heteroatoms. The molecule has 2 aromatic rings. The van der Waals surface area contributed by atoms with Gasteiger partial charge in [0.25, 0.3) is 0 Å². The molecule has 0 aliphatic carbocycles. The molecule has 1 unspecified atom stereocenters. The van der Waals surface area contributed by atoms with Crippen LogP contribution in [0.4, 0.5) is 5.69 Å². The molecule has 1 N–H and O–H groups in total. The van der Waals surface area contributed by atoms with Crippen molar-refractivity contribution in [3.05, 3.63) is 71.1 Å². The van der Waals surface area contributed by atoms with Gasteiger partial charge in [0.2, 0.25) is 5.91 Å². The lowest BCUT2D eigenvalue weighted by atomic mass is 9.90. The molecule has 2 aromatic carbocycles. The summed E-state index contributed by atoms with van der Waals surface area (Å²) in [5.41, 5.74) is -0.198. The first-order valence-electron chi connectivity index (χ1n) is 7.30. The Morgan fingerprint density at radius 1 is 1.12 bits per heavy atom. The van der Waals surface area contributed by atoms with Gasteiger partial charge in [-0.25, -0.2) is 0 Å². The summed E-state index contributed by atoms with van der Waals surface area (Å²) in [6.07, 6.45) is 0.143. The molecule has 0 bridgehead atoms. The molecule has 1 amide bonds. The van der Waals surface area contributed by atoms with Crippen molar-refractivity contribution < 1.29 is 9.90 Å². The number of anilines is 1. The van der Waals surface area contributed by atoms with Gasteiger partial charge in [0.1, 0.15) is 11.5 Å². The second-order valence-corrected chi connectivity index (χ2v) is 6.44. The molecule has 0 aromatic heterocycles. The van der Waals surface area contributed by atoms with Gasteiger partial charge in [0.15, 0.2) is 0 Å². The minimum absolute atomic E-state index is 0.00400. The first-order chi connectivity index (χ1) is 11.4. The molecule has 2 rings (SSSR count). The highest BCUT2D eigenvalue weighted by molar-refractivity contribution is 6.42. The predicted octanol–water partition coefficient (Wildman–Crippen LogP) is 4.68. The maximum atomic E-state index is 12.3. The van der Waals surface area contributed by atoms with Crippen LogP contribution in [0, 0.1) is 6.92 Å². The molecule has 24 heavy (non-hydrogen) atoms. The molecule has 0 spiro atoms. The first kappa shape index (κ1) is 19.1. The van der Waals surface area contributed by atoms with Crippen molar-refractivity contribution in [1.29, 1.82) is 0 Å². The van der Waals surface area contributed by atoms with Gasteiger partial charge in [0, 0.05) is 5.69 Å². The summed E-state index contributed by atoms with van der Waals surface area (Å²) in [5, 5.41) is 11.8. The summed E-state index contributed by atoms with van der Waals surface area (Å²) >= 11 is 17.7. The number of nitrogens with zero attached hydrogens (tertiary/aromatic N) is 1. The van der Waals surface area contributed by atoms with Gasteiger partial charge < -0.3 is 10.0 Å². The third-order valence-electron chi connectivity index (χ3n) is 3.77. The number of halogens is 3. The Labute approximate surface area is 156 Å². The second kappa shape index (κ2) is 8.21. The second-order valence-electron chi connectivity index (χ2n) is 5.36. The molecule has 0 saturated carbocycles. The van der Waals surface area contributed by atoms with Gasteiger partial charge in [-0.3, -0.25) is 4.79 Å². The average molecular weight is 386 g/mol. The molecule has 1 radical (unpaired) electrons. The van der Waals surface area contributed by atoms with E-state index >= 15 is 0 Å². The monoisotopic (exact) mass is 384 g/mol. The Morgan fingerprint density at radius 2 is 1.79 bits per heavy atom. The van der Waals surface area contributed by atoms with Crippen LogP contribution in [0.2, 0.25) is 10.0 Å². The molecule has 0 saturated heterocycles. The summed E-state index contributed by atoms with van der Waals surface area (Å²) in [4.78, 5) is 13.7. The lowest BCUT2D eigenvalue weighted by Gasteiger charge is -2.34. The van der Waals surface area contributed by atoms with Crippen LogP contribution >= 0.6 is 34.8 Å². The normalized spacial score (nSPS) is 13.4. The molecule has 127 valence electrons. The minimum atomic E-state index is -1.38. The van der Waals surface area contributed by atoms with Gasteiger partial charge in [-0.15, -0.1) is 11.6 Å². The topological polar surface area (TPSA) is 40.5 Å². The van der Waals surface area contributed by atoms with Crippen molar-refractivity contribution in [3.63, 3.8) is 0 Å². The zero-order valence-electron chi connectivity index (χ0n) is 12.9. The van der Waals surface area contributed by atoms with E-state index in [1.165, 1.54) is 4.90 Å². The summed E-state index contributed by atoms with van der Waals surface area (Å²) in [7, 11) is 0. The number of hydrogen-bond donors (Lipinski definition) is 1. The molecule has 0 aliphatic heterocycles. The third-order valence-corrected chi connectivity index (χ3v) is 4.74. The van der Waals surface area contributed by atoms with Crippen molar-refractivity contribution in [2.24, 2.45) is 0 Å². The van der Waals surface area contributed by atoms with Gasteiger partial charge in [-0.05, 0) is 36.2 Å². The maximum absolute atomic E-state index is 12.3. The largest absolute Gasteiger partial charge is 0.383 e. The number of amides is 1. The Morgan fingerprint density at radius 3 is 2.33 bits per heavy atom. The Bertz CT molecular complexity index is 709. The van der Waals surface area contributed by atoms with E-state index in [0.717, 1.165) is 0 Å². The summed E-state index contributed by atoms with van der Waals surface area (Å²) in [6, 6.07) is 13.9. The van der Waals surface area contributed by atoms with E-state index in [1.807, 2.05) is 18.2 Å². The van der Waals surface area contributed by atoms with Crippen LogP contribution < -0.4 is 4.90 Å². The number of aliphatic hydroxyl groups is 1. The SMILES string of the molecule is [CH2]CC(O)(CN(C(=O)CCl)c1ccccc1)c1ccc(Cl)c(Cl)c1. The molecule has 3 nitrogen and oxygen atoms in total. The number of carbonyl (C=O) groups is 1. The van der Waals surface area contributed by atoms with Gasteiger partial charge in [-0.1, -0.05) is 54.4 Å². The Kier molecular flexibility index (Phi) is 6.53. The fourth-order valence-electron chi connectivity index (χ4n) is 2.37. The fourth-order valence-corrected chi connectivity index (χ4v) is 2.81. The standard InChI is InChI=1S/C18H17Cl3NO2/c1-2-18(24,13-8-9-15(20)16(21)10-13)12-22(17(23)11-19)14-6-4-3-5-7-14/h3-10,24H,1-2,11-12H2. The van der Waals surface area contributed by atoms with Crippen molar-refractivity contribution in [2.45, 2.75) is 12.0 Å². The summed E-state index contributed by atoms with van der Waals surface area (Å²) in [5.74, 6) is -0.501. The maximum Gasteiger partial charge on any atom is 0.242 e. The van der Waals surface area contributed by atoms with Gasteiger partial charge >= 0.3 is 0 Å². The number of benzene rings is 2. The number of carbonyl (C=O) groups excluding carboxylic acids is 1. The van der Waals surface area contributed by atoms with E-state index in [0.29, 0.717) is 21.3 Å². The van der Waals surface area contributed by atoms with Gasteiger partial charge in [0.05, 0.1) is 16.6 Å². The number of alkyl halides is 1. The zero-order valence-corrected chi connectivity index (χ0v) is 15.2. The molecule has 0 aliphatic rings. The van der Waals surface area contributed by atoms with Crippen LogP contribution in [-0.2, 0) is 10.4 Å². The lowest BCUT2D eigenvalue weighted by molar-refractivity contribution is -0.117. The average Bonchev–Trinajstić information content (AvgIpc) is 2.61. The van der Waals surface area contributed by atoms with Crippen LogP contribution in [0.1, 0.15) is 12.0 Å². The Hall–Kier alpha value is -1.26. The quantitative estimate of drug-likeness (QED) is 0.734. The fraction of sp³-hybridized carbons (Fsp3) is 0.222. The predicted molar refractivity (Wildman–Crippen MR) is 99.8 cm³/mol. The van der Waals surface area contributed by atoms with Crippen LogP contribution in [0.25, 0.3) is 0 Å². The van der Waals surface area contributed by atoms with Crippen molar-refractivity contribution in [3.8, 4) is 0 Å². The highest BCUT2D eigenvalue weighted by atomic mass is 35.5.